The molecule has 0 heterocycles. The average Bonchev–Trinajstić information content (AvgIpc) is 2.46. The average molecular weight is 293 g/mol. The standard InChI is InChI=1S/C17H27NO3/c1-12(2)10-18-11-13(3)9-14-7-8-15(19-4)17(21-6)16(14)20-5/h7-9,12,18H,10-11H2,1-6H3. The number of methoxy groups -OCH3 is 3. The molecule has 0 aliphatic rings. The third-order valence-electron chi connectivity index (χ3n) is 3.09. The number of rotatable bonds is 8. The lowest BCUT2D eigenvalue weighted by atomic mass is 10.1. The number of hydrogen-bond donors (Lipinski definition) is 1. The lowest BCUT2D eigenvalue weighted by Crippen LogP contribution is -2.21. The Kier molecular flexibility index (Phi) is 7.09. The van der Waals surface area contributed by atoms with Crippen LogP contribution in [0.2, 0.25) is 0 Å². The van der Waals surface area contributed by atoms with Crippen LogP contribution in [0.3, 0.4) is 0 Å². The van der Waals surface area contributed by atoms with Crippen LogP contribution in [0.5, 0.6) is 17.2 Å². The van der Waals surface area contributed by atoms with E-state index in [1.807, 2.05) is 12.1 Å². The molecule has 0 amide bonds. The number of ether oxygens (including phenoxy) is 3. The van der Waals surface area contributed by atoms with E-state index in [1.54, 1.807) is 21.3 Å². The van der Waals surface area contributed by atoms with E-state index in [0.717, 1.165) is 18.7 Å². The van der Waals surface area contributed by atoms with Crippen LogP contribution in [0.4, 0.5) is 0 Å². The molecule has 0 aliphatic carbocycles. The van der Waals surface area contributed by atoms with Gasteiger partial charge in [0.25, 0.3) is 0 Å². The van der Waals surface area contributed by atoms with Gasteiger partial charge >= 0.3 is 0 Å². The topological polar surface area (TPSA) is 39.7 Å². The first-order valence-corrected chi connectivity index (χ1v) is 7.20. The number of hydrogen-bond acceptors (Lipinski definition) is 4. The largest absolute Gasteiger partial charge is 0.493 e. The van der Waals surface area contributed by atoms with Crippen molar-refractivity contribution in [3.8, 4) is 17.2 Å². The predicted molar refractivity (Wildman–Crippen MR) is 87.5 cm³/mol. The summed E-state index contributed by atoms with van der Waals surface area (Å²) in [4.78, 5) is 0. The molecule has 118 valence electrons. The van der Waals surface area contributed by atoms with Crippen molar-refractivity contribution in [1.82, 2.24) is 5.32 Å². The maximum absolute atomic E-state index is 5.48. The third kappa shape index (κ3) is 4.97. The molecule has 0 saturated heterocycles. The van der Waals surface area contributed by atoms with E-state index >= 15 is 0 Å². The Morgan fingerprint density at radius 2 is 1.76 bits per heavy atom. The highest BCUT2D eigenvalue weighted by molar-refractivity contribution is 5.67. The summed E-state index contributed by atoms with van der Waals surface area (Å²) in [7, 11) is 4.87. The summed E-state index contributed by atoms with van der Waals surface area (Å²) in [6, 6.07) is 3.87. The van der Waals surface area contributed by atoms with Gasteiger partial charge in [0.05, 0.1) is 21.3 Å². The highest BCUT2D eigenvalue weighted by atomic mass is 16.5. The van der Waals surface area contributed by atoms with Gasteiger partial charge in [0.15, 0.2) is 11.5 Å². The van der Waals surface area contributed by atoms with Gasteiger partial charge in [0, 0.05) is 12.1 Å². The van der Waals surface area contributed by atoms with E-state index in [1.165, 1.54) is 5.57 Å². The second-order valence-corrected chi connectivity index (χ2v) is 5.44. The Hall–Kier alpha value is -1.68. The van der Waals surface area contributed by atoms with Gasteiger partial charge in [-0.05, 0) is 31.5 Å². The van der Waals surface area contributed by atoms with Crippen LogP contribution in [0.25, 0.3) is 6.08 Å². The molecule has 1 N–H and O–H groups in total. The van der Waals surface area contributed by atoms with Crippen molar-refractivity contribution in [3.63, 3.8) is 0 Å². The van der Waals surface area contributed by atoms with Crippen LogP contribution in [0.1, 0.15) is 26.3 Å². The van der Waals surface area contributed by atoms with E-state index in [4.69, 9.17) is 14.2 Å². The highest BCUT2D eigenvalue weighted by Gasteiger charge is 2.14. The molecule has 0 fully saturated rings. The van der Waals surface area contributed by atoms with Crippen molar-refractivity contribution in [2.45, 2.75) is 20.8 Å². The molecule has 0 atom stereocenters. The van der Waals surface area contributed by atoms with Crippen LogP contribution < -0.4 is 19.5 Å². The predicted octanol–water partition coefficient (Wildman–Crippen LogP) is 3.36. The Morgan fingerprint density at radius 3 is 2.29 bits per heavy atom. The van der Waals surface area contributed by atoms with Crippen LogP contribution >= 0.6 is 0 Å². The quantitative estimate of drug-likeness (QED) is 0.798. The lowest BCUT2D eigenvalue weighted by molar-refractivity contribution is 0.324. The van der Waals surface area contributed by atoms with Gasteiger partial charge in [-0.2, -0.15) is 0 Å². The van der Waals surface area contributed by atoms with Crippen molar-refractivity contribution < 1.29 is 14.2 Å². The first-order valence-electron chi connectivity index (χ1n) is 7.20. The summed E-state index contributed by atoms with van der Waals surface area (Å²) in [6.45, 7) is 8.36. The van der Waals surface area contributed by atoms with Crippen molar-refractivity contribution in [2.75, 3.05) is 34.4 Å². The summed E-state index contributed by atoms with van der Waals surface area (Å²) in [6.07, 6.45) is 2.11. The Balaban J connectivity index is 2.96. The van der Waals surface area contributed by atoms with Crippen molar-refractivity contribution >= 4 is 6.08 Å². The molecular formula is C17H27NO3. The van der Waals surface area contributed by atoms with Gasteiger partial charge in [0.2, 0.25) is 5.75 Å². The molecule has 1 aromatic carbocycles. The first-order chi connectivity index (χ1) is 10.0. The fourth-order valence-corrected chi connectivity index (χ4v) is 2.11. The molecule has 21 heavy (non-hydrogen) atoms. The number of benzene rings is 1. The fraction of sp³-hybridized carbons (Fsp3) is 0.529. The molecule has 4 heteroatoms. The van der Waals surface area contributed by atoms with Gasteiger partial charge in [-0.25, -0.2) is 0 Å². The van der Waals surface area contributed by atoms with E-state index in [2.05, 4.69) is 32.2 Å². The SMILES string of the molecule is COc1ccc(C=C(C)CNCC(C)C)c(OC)c1OC. The molecule has 0 aliphatic heterocycles. The Labute approximate surface area is 128 Å². The normalized spacial score (nSPS) is 11.7. The van der Waals surface area contributed by atoms with Gasteiger partial charge in [-0.15, -0.1) is 0 Å². The van der Waals surface area contributed by atoms with E-state index in [0.29, 0.717) is 23.2 Å². The molecular weight excluding hydrogens is 266 g/mol. The summed E-state index contributed by atoms with van der Waals surface area (Å²) < 4.78 is 16.2. The van der Waals surface area contributed by atoms with Crippen LogP contribution in [0.15, 0.2) is 17.7 Å². The lowest BCUT2D eigenvalue weighted by Gasteiger charge is -2.15. The molecule has 0 bridgehead atoms. The summed E-state index contributed by atoms with van der Waals surface area (Å²) >= 11 is 0. The smallest absolute Gasteiger partial charge is 0.203 e. The minimum absolute atomic E-state index is 0.622. The fourth-order valence-electron chi connectivity index (χ4n) is 2.11. The molecule has 1 aromatic rings. The van der Waals surface area contributed by atoms with Crippen molar-refractivity contribution in [1.29, 1.82) is 0 Å². The van der Waals surface area contributed by atoms with Crippen LogP contribution in [-0.4, -0.2) is 34.4 Å². The summed E-state index contributed by atoms with van der Waals surface area (Å²) in [5.41, 5.74) is 2.22. The zero-order valence-corrected chi connectivity index (χ0v) is 13.9. The zero-order chi connectivity index (χ0) is 15.8. The maximum Gasteiger partial charge on any atom is 0.203 e. The maximum atomic E-state index is 5.48. The molecule has 0 radical (unpaired) electrons. The number of nitrogens with one attached hydrogen (secondary N) is 1. The monoisotopic (exact) mass is 293 g/mol. The minimum atomic E-state index is 0.622. The van der Waals surface area contributed by atoms with Crippen molar-refractivity contribution in [3.05, 3.63) is 23.3 Å². The molecule has 0 saturated carbocycles. The van der Waals surface area contributed by atoms with Crippen LogP contribution in [0, 0.1) is 5.92 Å². The second-order valence-electron chi connectivity index (χ2n) is 5.44. The Morgan fingerprint density at radius 1 is 1.10 bits per heavy atom. The molecule has 0 unspecified atom stereocenters. The second kappa shape index (κ2) is 8.57. The highest BCUT2D eigenvalue weighted by Crippen LogP contribution is 2.40. The third-order valence-corrected chi connectivity index (χ3v) is 3.09. The van der Waals surface area contributed by atoms with Gasteiger partial charge < -0.3 is 19.5 Å². The Bertz CT molecular complexity index is 481. The van der Waals surface area contributed by atoms with E-state index in [9.17, 15) is 0 Å². The molecule has 4 nitrogen and oxygen atoms in total. The molecule has 0 spiro atoms. The van der Waals surface area contributed by atoms with E-state index < -0.39 is 0 Å². The summed E-state index contributed by atoms with van der Waals surface area (Å²) in [5.74, 6) is 2.63. The molecule has 1 rings (SSSR count). The van der Waals surface area contributed by atoms with Crippen molar-refractivity contribution in [2.24, 2.45) is 5.92 Å². The van der Waals surface area contributed by atoms with Crippen LogP contribution in [-0.2, 0) is 0 Å². The van der Waals surface area contributed by atoms with Gasteiger partial charge in [0.1, 0.15) is 0 Å². The van der Waals surface area contributed by atoms with Gasteiger partial charge in [-0.1, -0.05) is 25.5 Å². The van der Waals surface area contributed by atoms with Gasteiger partial charge in [-0.3, -0.25) is 0 Å². The summed E-state index contributed by atoms with van der Waals surface area (Å²) in [5, 5.41) is 3.43. The molecule has 0 aromatic heterocycles. The zero-order valence-electron chi connectivity index (χ0n) is 13.9. The minimum Gasteiger partial charge on any atom is -0.493 e. The van der Waals surface area contributed by atoms with E-state index in [-0.39, 0.29) is 0 Å². The first kappa shape index (κ1) is 17.4.